The Morgan fingerprint density at radius 2 is 2.19 bits per heavy atom. The Kier molecular flexibility index (Phi) is 3.28. The molecule has 0 saturated heterocycles. The van der Waals surface area contributed by atoms with E-state index >= 15 is 0 Å². The second-order valence-electron chi connectivity index (χ2n) is 3.36. The Balaban J connectivity index is 1.87. The van der Waals surface area contributed by atoms with Crippen molar-refractivity contribution in [1.29, 1.82) is 0 Å². The molecule has 0 atom stereocenters. The van der Waals surface area contributed by atoms with E-state index in [1.165, 1.54) is 11.9 Å². The summed E-state index contributed by atoms with van der Waals surface area (Å²) in [5, 5.41) is 3.16. The van der Waals surface area contributed by atoms with Gasteiger partial charge in [0.25, 0.3) is 0 Å². The Morgan fingerprint density at radius 3 is 2.94 bits per heavy atom. The van der Waals surface area contributed by atoms with Crippen LogP contribution in [0.4, 0.5) is 11.5 Å². The quantitative estimate of drug-likeness (QED) is 0.798. The maximum absolute atomic E-state index is 5.70. The van der Waals surface area contributed by atoms with E-state index in [9.17, 15) is 0 Å². The van der Waals surface area contributed by atoms with Gasteiger partial charge in [0.2, 0.25) is 0 Å². The lowest BCUT2D eigenvalue weighted by Gasteiger charge is -2.06. The first-order valence-corrected chi connectivity index (χ1v) is 5.04. The van der Waals surface area contributed by atoms with Crippen LogP contribution in [-0.4, -0.2) is 21.5 Å². The zero-order valence-corrected chi connectivity index (χ0v) is 8.80. The van der Waals surface area contributed by atoms with Crippen molar-refractivity contribution < 1.29 is 0 Å². The normalized spacial score (nSPS) is 10.0. The Labute approximate surface area is 93.8 Å². The van der Waals surface area contributed by atoms with E-state index < -0.39 is 0 Å². The van der Waals surface area contributed by atoms with E-state index in [1.807, 2.05) is 18.3 Å². The third-order valence-electron chi connectivity index (χ3n) is 2.17. The molecular weight excluding hydrogens is 202 g/mol. The summed E-state index contributed by atoms with van der Waals surface area (Å²) in [7, 11) is 0. The number of rotatable bonds is 4. The summed E-state index contributed by atoms with van der Waals surface area (Å²) >= 11 is 0. The third-order valence-corrected chi connectivity index (χ3v) is 2.17. The molecule has 5 nitrogen and oxygen atoms in total. The van der Waals surface area contributed by atoms with Crippen LogP contribution < -0.4 is 11.1 Å². The molecule has 0 aliphatic carbocycles. The zero-order valence-electron chi connectivity index (χ0n) is 8.80. The molecule has 0 bridgehead atoms. The highest BCUT2D eigenvalue weighted by Gasteiger charge is 1.98. The number of hydrogen-bond donors (Lipinski definition) is 2. The summed E-state index contributed by atoms with van der Waals surface area (Å²) in [6, 6.07) is 3.96. The molecule has 0 aromatic carbocycles. The standard InChI is InChI=1S/C11H13N5/c12-10-7-14-8-16-11(10)15-5-3-9-2-1-4-13-6-9/h1-2,4,6-8H,3,5,12H2,(H,14,15,16). The van der Waals surface area contributed by atoms with E-state index in [1.54, 1.807) is 12.4 Å². The summed E-state index contributed by atoms with van der Waals surface area (Å²) in [5.74, 6) is 0.680. The van der Waals surface area contributed by atoms with E-state index in [0.29, 0.717) is 11.5 Å². The van der Waals surface area contributed by atoms with Crippen molar-refractivity contribution in [1.82, 2.24) is 15.0 Å². The average Bonchev–Trinajstić information content (AvgIpc) is 2.33. The number of nitrogens with one attached hydrogen (secondary N) is 1. The molecule has 2 aromatic heterocycles. The van der Waals surface area contributed by atoms with Gasteiger partial charge in [0, 0.05) is 18.9 Å². The minimum Gasteiger partial charge on any atom is -0.394 e. The number of anilines is 2. The molecule has 0 spiro atoms. The fourth-order valence-electron chi connectivity index (χ4n) is 1.36. The van der Waals surface area contributed by atoms with Crippen molar-refractivity contribution >= 4 is 11.5 Å². The van der Waals surface area contributed by atoms with Crippen LogP contribution in [0.5, 0.6) is 0 Å². The van der Waals surface area contributed by atoms with Gasteiger partial charge >= 0.3 is 0 Å². The van der Waals surface area contributed by atoms with Gasteiger partial charge in [0.15, 0.2) is 5.82 Å². The molecule has 0 aliphatic heterocycles. The van der Waals surface area contributed by atoms with Crippen molar-refractivity contribution in [3.63, 3.8) is 0 Å². The van der Waals surface area contributed by atoms with Gasteiger partial charge in [0.05, 0.1) is 11.9 Å². The average molecular weight is 215 g/mol. The summed E-state index contributed by atoms with van der Waals surface area (Å²) in [4.78, 5) is 11.9. The number of aromatic nitrogens is 3. The molecule has 0 fully saturated rings. The number of nitrogen functional groups attached to an aromatic ring is 1. The van der Waals surface area contributed by atoms with Crippen molar-refractivity contribution in [2.45, 2.75) is 6.42 Å². The van der Waals surface area contributed by atoms with Gasteiger partial charge < -0.3 is 11.1 Å². The largest absolute Gasteiger partial charge is 0.394 e. The Bertz CT molecular complexity index is 443. The molecule has 0 aliphatic rings. The van der Waals surface area contributed by atoms with Gasteiger partial charge in [-0.05, 0) is 18.1 Å². The maximum Gasteiger partial charge on any atom is 0.152 e. The fourth-order valence-corrected chi connectivity index (χ4v) is 1.36. The van der Waals surface area contributed by atoms with Crippen LogP contribution in [0, 0.1) is 0 Å². The highest BCUT2D eigenvalue weighted by atomic mass is 15.0. The van der Waals surface area contributed by atoms with Crippen LogP contribution in [0.25, 0.3) is 0 Å². The minimum atomic E-state index is 0.564. The van der Waals surface area contributed by atoms with Gasteiger partial charge in [-0.25, -0.2) is 9.97 Å². The smallest absolute Gasteiger partial charge is 0.152 e. The summed E-state index contributed by atoms with van der Waals surface area (Å²) < 4.78 is 0. The molecule has 5 heteroatoms. The van der Waals surface area contributed by atoms with E-state index in [-0.39, 0.29) is 0 Å². The van der Waals surface area contributed by atoms with Gasteiger partial charge in [0.1, 0.15) is 6.33 Å². The molecule has 3 N–H and O–H groups in total. The molecule has 2 rings (SSSR count). The maximum atomic E-state index is 5.70. The predicted octanol–water partition coefficient (Wildman–Crippen LogP) is 1.11. The molecule has 0 saturated carbocycles. The summed E-state index contributed by atoms with van der Waals surface area (Å²) in [5.41, 5.74) is 7.45. The van der Waals surface area contributed by atoms with E-state index in [2.05, 4.69) is 20.3 Å². The lowest BCUT2D eigenvalue weighted by atomic mass is 10.2. The first-order chi connectivity index (χ1) is 7.86. The van der Waals surface area contributed by atoms with Crippen LogP contribution in [0.3, 0.4) is 0 Å². The molecule has 82 valence electrons. The lowest BCUT2D eigenvalue weighted by molar-refractivity contribution is 0.989. The fraction of sp³-hybridized carbons (Fsp3) is 0.182. The van der Waals surface area contributed by atoms with Crippen LogP contribution in [0.1, 0.15) is 5.56 Å². The topological polar surface area (TPSA) is 76.7 Å². The van der Waals surface area contributed by atoms with Crippen LogP contribution in [0.2, 0.25) is 0 Å². The van der Waals surface area contributed by atoms with Crippen molar-refractivity contribution in [2.75, 3.05) is 17.6 Å². The molecule has 0 radical (unpaired) electrons. The Morgan fingerprint density at radius 1 is 1.25 bits per heavy atom. The van der Waals surface area contributed by atoms with Gasteiger partial charge in [-0.3, -0.25) is 4.98 Å². The molecule has 0 unspecified atom stereocenters. The van der Waals surface area contributed by atoms with Gasteiger partial charge in [-0.15, -0.1) is 0 Å². The number of hydrogen-bond acceptors (Lipinski definition) is 5. The molecule has 16 heavy (non-hydrogen) atoms. The van der Waals surface area contributed by atoms with Crippen LogP contribution in [-0.2, 0) is 6.42 Å². The molecular formula is C11H13N5. The zero-order chi connectivity index (χ0) is 11.2. The second-order valence-corrected chi connectivity index (χ2v) is 3.36. The number of pyridine rings is 1. The monoisotopic (exact) mass is 215 g/mol. The first kappa shape index (κ1) is 10.4. The lowest BCUT2D eigenvalue weighted by Crippen LogP contribution is -2.08. The number of nitrogens with two attached hydrogens (primary N) is 1. The van der Waals surface area contributed by atoms with Crippen molar-refractivity contribution in [3.05, 3.63) is 42.6 Å². The SMILES string of the molecule is Nc1cncnc1NCCc1cccnc1. The van der Waals surface area contributed by atoms with Crippen molar-refractivity contribution in [2.24, 2.45) is 0 Å². The third kappa shape index (κ3) is 2.66. The second kappa shape index (κ2) is 5.06. The number of nitrogens with zero attached hydrogens (tertiary/aromatic N) is 3. The Hall–Kier alpha value is -2.17. The van der Waals surface area contributed by atoms with Crippen LogP contribution >= 0.6 is 0 Å². The molecule has 0 amide bonds. The highest BCUT2D eigenvalue weighted by molar-refractivity contribution is 5.58. The predicted molar refractivity (Wildman–Crippen MR) is 62.9 cm³/mol. The van der Waals surface area contributed by atoms with E-state index in [4.69, 9.17) is 5.73 Å². The first-order valence-electron chi connectivity index (χ1n) is 5.04. The van der Waals surface area contributed by atoms with Crippen LogP contribution in [0.15, 0.2) is 37.1 Å². The van der Waals surface area contributed by atoms with E-state index in [0.717, 1.165) is 13.0 Å². The minimum absolute atomic E-state index is 0.564. The molecule has 2 heterocycles. The van der Waals surface area contributed by atoms with Gasteiger partial charge in [-0.1, -0.05) is 6.07 Å². The van der Waals surface area contributed by atoms with Gasteiger partial charge in [-0.2, -0.15) is 0 Å². The molecule has 2 aromatic rings. The summed E-state index contributed by atoms with van der Waals surface area (Å²) in [6.07, 6.45) is 7.56. The highest BCUT2D eigenvalue weighted by Crippen LogP contribution is 2.11. The van der Waals surface area contributed by atoms with Crippen molar-refractivity contribution in [3.8, 4) is 0 Å². The summed E-state index contributed by atoms with van der Waals surface area (Å²) in [6.45, 7) is 0.771.